The molecule has 1 saturated heterocycles. The summed E-state index contributed by atoms with van der Waals surface area (Å²) in [5.41, 5.74) is 0. The Bertz CT molecular complexity index is 219. The molecule has 0 aromatic heterocycles. The standard InChI is InChI=1S/C12H24N2O2/c1-10(2)12(16)14-7-3-5-11(9-14)13-6-4-8-15/h10-11,13,15H,3-9H2,1-2H3. The molecule has 2 N–H and O–H groups in total. The first-order valence-corrected chi connectivity index (χ1v) is 6.28. The topological polar surface area (TPSA) is 52.6 Å². The number of aliphatic hydroxyl groups excluding tert-OH is 1. The van der Waals surface area contributed by atoms with Crippen LogP contribution in [-0.4, -0.2) is 48.2 Å². The van der Waals surface area contributed by atoms with Crippen LogP contribution in [0.25, 0.3) is 0 Å². The van der Waals surface area contributed by atoms with Crippen molar-refractivity contribution < 1.29 is 9.90 Å². The summed E-state index contributed by atoms with van der Waals surface area (Å²) in [6, 6.07) is 0.406. The van der Waals surface area contributed by atoms with Crippen molar-refractivity contribution in [3.63, 3.8) is 0 Å². The molecule has 1 heterocycles. The molecule has 1 atom stereocenters. The number of rotatable bonds is 5. The molecule has 0 aromatic rings. The Balaban J connectivity index is 2.32. The van der Waals surface area contributed by atoms with Crippen LogP contribution in [0.1, 0.15) is 33.1 Å². The van der Waals surface area contributed by atoms with Gasteiger partial charge in [0.1, 0.15) is 0 Å². The smallest absolute Gasteiger partial charge is 0.225 e. The third-order valence-corrected chi connectivity index (χ3v) is 2.99. The number of hydrogen-bond donors (Lipinski definition) is 2. The minimum Gasteiger partial charge on any atom is -0.396 e. The van der Waals surface area contributed by atoms with Crippen molar-refractivity contribution in [3.05, 3.63) is 0 Å². The zero-order chi connectivity index (χ0) is 12.0. The summed E-state index contributed by atoms with van der Waals surface area (Å²) in [4.78, 5) is 13.8. The highest BCUT2D eigenvalue weighted by Gasteiger charge is 2.24. The van der Waals surface area contributed by atoms with Gasteiger partial charge in [0.05, 0.1) is 0 Å². The molecule has 1 aliphatic rings. The van der Waals surface area contributed by atoms with Gasteiger partial charge >= 0.3 is 0 Å². The second kappa shape index (κ2) is 6.86. The lowest BCUT2D eigenvalue weighted by molar-refractivity contribution is -0.135. The zero-order valence-corrected chi connectivity index (χ0v) is 10.4. The second-order valence-corrected chi connectivity index (χ2v) is 4.81. The van der Waals surface area contributed by atoms with E-state index in [-0.39, 0.29) is 18.4 Å². The van der Waals surface area contributed by atoms with Crippen molar-refractivity contribution in [3.8, 4) is 0 Å². The Hall–Kier alpha value is -0.610. The number of amides is 1. The average molecular weight is 228 g/mol. The van der Waals surface area contributed by atoms with Gasteiger partial charge in [0.25, 0.3) is 0 Å². The largest absolute Gasteiger partial charge is 0.396 e. The molecule has 1 fully saturated rings. The lowest BCUT2D eigenvalue weighted by atomic mass is 10.0. The van der Waals surface area contributed by atoms with E-state index in [1.165, 1.54) is 0 Å². The summed E-state index contributed by atoms with van der Waals surface area (Å²) in [7, 11) is 0. The maximum Gasteiger partial charge on any atom is 0.225 e. The third kappa shape index (κ3) is 4.10. The van der Waals surface area contributed by atoms with Gasteiger partial charge < -0.3 is 15.3 Å². The van der Waals surface area contributed by atoms with Gasteiger partial charge in [-0.1, -0.05) is 13.8 Å². The number of nitrogens with one attached hydrogen (secondary N) is 1. The van der Waals surface area contributed by atoms with Crippen LogP contribution >= 0.6 is 0 Å². The fourth-order valence-electron chi connectivity index (χ4n) is 2.09. The number of aliphatic hydroxyl groups is 1. The van der Waals surface area contributed by atoms with Crippen LogP contribution in [0.2, 0.25) is 0 Å². The van der Waals surface area contributed by atoms with Crippen LogP contribution in [0.3, 0.4) is 0 Å². The van der Waals surface area contributed by atoms with Crippen molar-refractivity contribution in [2.24, 2.45) is 5.92 Å². The Morgan fingerprint density at radius 3 is 2.94 bits per heavy atom. The lowest BCUT2D eigenvalue weighted by Crippen LogP contribution is -2.49. The SMILES string of the molecule is CC(C)C(=O)N1CCCC(NCCCO)C1. The highest BCUT2D eigenvalue weighted by Crippen LogP contribution is 2.13. The summed E-state index contributed by atoms with van der Waals surface area (Å²) >= 11 is 0. The van der Waals surface area contributed by atoms with Crippen LogP contribution < -0.4 is 5.32 Å². The normalized spacial score (nSPS) is 21.5. The number of likely N-dealkylation sites (tertiary alicyclic amines) is 1. The zero-order valence-electron chi connectivity index (χ0n) is 10.4. The van der Waals surface area contributed by atoms with E-state index in [9.17, 15) is 4.79 Å². The summed E-state index contributed by atoms with van der Waals surface area (Å²) in [5, 5.41) is 12.1. The molecular weight excluding hydrogens is 204 g/mol. The molecule has 1 unspecified atom stereocenters. The summed E-state index contributed by atoms with van der Waals surface area (Å²) < 4.78 is 0. The second-order valence-electron chi connectivity index (χ2n) is 4.81. The minimum atomic E-state index is 0.0937. The number of piperidine rings is 1. The van der Waals surface area contributed by atoms with E-state index in [0.29, 0.717) is 6.04 Å². The minimum absolute atomic E-state index is 0.0937. The maximum atomic E-state index is 11.8. The molecule has 4 nitrogen and oxygen atoms in total. The number of nitrogens with zero attached hydrogens (tertiary/aromatic N) is 1. The van der Waals surface area contributed by atoms with E-state index in [1.807, 2.05) is 18.7 Å². The predicted molar refractivity (Wildman–Crippen MR) is 64.1 cm³/mol. The van der Waals surface area contributed by atoms with Gasteiger partial charge in [-0.3, -0.25) is 4.79 Å². The first-order valence-electron chi connectivity index (χ1n) is 6.28. The first kappa shape index (κ1) is 13.5. The van der Waals surface area contributed by atoms with Crippen molar-refractivity contribution >= 4 is 5.91 Å². The quantitative estimate of drug-likeness (QED) is 0.678. The van der Waals surface area contributed by atoms with Crippen molar-refractivity contribution in [2.75, 3.05) is 26.2 Å². The average Bonchev–Trinajstić information content (AvgIpc) is 2.29. The molecule has 4 heteroatoms. The van der Waals surface area contributed by atoms with E-state index in [0.717, 1.165) is 38.9 Å². The monoisotopic (exact) mass is 228 g/mol. The van der Waals surface area contributed by atoms with Gasteiger partial charge in [-0.2, -0.15) is 0 Å². The maximum absolute atomic E-state index is 11.8. The van der Waals surface area contributed by atoms with Gasteiger partial charge in [-0.05, 0) is 25.8 Å². The van der Waals surface area contributed by atoms with Crippen molar-refractivity contribution in [1.29, 1.82) is 0 Å². The van der Waals surface area contributed by atoms with Crippen LogP contribution in [0.15, 0.2) is 0 Å². The number of carbonyl (C=O) groups is 1. The Morgan fingerprint density at radius 2 is 2.31 bits per heavy atom. The van der Waals surface area contributed by atoms with Gasteiger partial charge in [-0.15, -0.1) is 0 Å². The van der Waals surface area contributed by atoms with Crippen LogP contribution in [0.4, 0.5) is 0 Å². The van der Waals surface area contributed by atoms with E-state index >= 15 is 0 Å². The molecule has 0 radical (unpaired) electrons. The van der Waals surface area contributed by atoms with E-state index in [2.05, 4.69) is 5.32 Å². The first-order chi connectivity index (χ1) is 7.65. The van der Waals surface area contributed by atoms with Gasteiger partial charge in [0.15, 0.2) is 0 Å². The Morgan fingerprint density at radius 1 is 1.56 bits per heavy atom. The van der Waals surface area contributed by atoms with E-state index in [1.54, 1.807) is 0 Å². The summed E-state index contributed by atoms with van der Waals surface area (Å²) in [6.45, 7) is 6.69. The van der Waals surface area contributed by atoms with Gasteiger partial charge in [-0.25, -0.2) is 0 Å². The molecule has 0 saturated carbocycles. The van der Waals surface area contributed by atoms with Crippen LogP contribution in [0, 0.1) is 5.92 Å². The molecule has 1 amide bonds. The Labute approximate surface area is 98.0 Å². The molecule has 94 valence electrons. The van der Waals surface area contributed by atoms with E-state index < -0.39 is 0 Å². The number of hydrogen-bond acceptors (Lipinski definition) is 3. The molecule has 1 rings (SSSR count). The van der Waals surface area contributed by atoms with Crippen LogP contribution in [-0.2, 0) is 4.79 Å². The highest BCUT2D eigenvalue weighted by atomic mass is 16.3. The molecule has 16 heavy (non-hydrogen) atoms. The number of carbonyl (C=O) groups excluding carboxylic acids is 1. The Kier molecular flexibility index (Phi) is 5.77. The van der Waals surface area contributed by atoms with E-state index in [4.69, 9.17) is 5.11 Å². The predicted octanol–water partition coefficient (Wildman–Crippen LogP) is 0.605. The van der Waals surface area contributed by atoms with Crippen LogP contribution in [0.5, 0.6) is 0 Å². The molecule has 0 aromatic carbocycles. The fourth-order valence-corrected chi connectivity index (χ4v) is 2.09. The van der Waals surface area contributed by atoms with Crippen molar-refractivity contribution in [1.82, 2.24) is 10.2 Å². The van der Waals surface area contributed by atoms with Gasteiger partial charge in [0.2, 0.25) is 5.91 Å². The highest BCUT2D eigenvalue weighted by molar-refractivity contribution is 5.78. The van der Waals surface area contributed by atoms with Crippen molar-refractivity contribution in [2.45, 2.75) is 39.2 Å². The molecular formula is C12H24N2O2. The lowest BCUT2D eigenvalue weighted by Gasteiger charge is -2.34. The molecule has 0 bridgehead atoms. The summed E-state index contributed by atoms with van der Waals surface area (Å²) in [5.74, 6) is 0.352. The molecule has 1 aliphatic heterocycles. The third-order valence-electron chi connectivity index (χ3n) is 2.99. The van der Waals surface area contributed by atoms with Gasteiger partial charge in [0, 0.05) is 31.7 Å². The summed E-state index contributed by atoms with van der Waals surface area (Å²) in [6.07, 6.45) is 3.00. The molecule has 0 spiro atoms. The molecule has 0 aliphatic carbocycles. The fraction of sp³-hybridized carbons (Fsp3) is 0.917.